The number of carbonyl (C=O) groups excluding carboxylic acids is 1. The maximum Gasteiger partial charge on any atom is 0.222 e. The Labute approximate surface area is 191 Å². The molecule has 0 radical (unpaired) electrons. The number of amides is 1. The molecule has 32 heavy (non-hydrogen) atoms. The van der Waals surface area contributed by atoms with Crippen LogP contribution < -0.4 is 19.5 Å². The minimum absolute atomic E-state index is 0.0126. The van der Waals surface area contributed by atoms with Crippen molar-refractivity contribution >= 4 is 5.91 Å². The van der Waals surface area contributed by atoms with E-state index in [-0.39, 0.29) is 34.8 Å². The number of benzene rings is 1. The molecule has 5 rings (SSSR count). The van der Waals surface area contributed by atoms with Gasteiger partial charge in [0.2, 0.25) is 11.7 Å². The lowest BCUT2D eigenvalue weighted by molar-refractivity contribution is -0.139. The van der Waals surface area contributed by atoms with Gasteiger partial charge in [-0.05, 0) is 59.6 Å². The minimum atomic E-state index is -0.0330. The quantitative estimate of drug-likeness (QED) is 0.742. The van der Waals surface area contributed by atoms with E-state index in [2.05, 4.69) is 31.3 Å². The van der Waals surface area contributed by atoms with Crippen LogP contribution in [0.3, 0.4) is 0 Å². The Morgan fingerprint density at radius 3 is 2.72 bits per heavy atom. The summed E-state index contributed by atoms with van der Waals surface area (Å²) < 4.78 is 24.1. The number of carbonyl (C=O) groups is 1. The number of ether oxygens (including phenoxy) is 4. The molecule has 1 aromatic carbocycles. The van der Waals surface area contributed by atoms with Crippen molar-refractivity contribution in [1.82, 2.24) is 5.32 Å². The topological polar surface area (TPSA) is 66.0 Å². The molecule has 5 atom stereocenters. The van der Waals surface area contributed by atoms with E-state index in [1.54, 1.807) is 7.11 Å². The Hall–Kier alpha value is -1.95. The van der Waals surface area contributed by atoms with Crippen molar-refractivity contribution in [3.63, 3.8) is 0 Å². The van der Waals surface area contributed by atoms with Crippen LogP contribution in [-0.4, -0.2) is 38.9 Å². The summed E-state index contributed by atoms with van der Waals surface area (Å²) in [7, 11) is 1.67. The second kappa shape index (κ2) is 7.82. The average molecular weight is 444 g/mol. The van der Waals surface area contributed by atoms with Crippen molar-refractivity contribution < 1.29 is 23.7 Å². The van der Waals surface area contributed by atoms with Gasteiger partial charge in [0.1, 0.15) is 0 Å². The van der Waals surface area contributed by atoms with Gasteiger partial charge in [-0.15, -0.1) is 0 Å². The molecule has 0 unspecified atom stereocenters. The molecule has 2 heterocycles. The highest BCUT2D eigenvalue weighted by Gasteiger charge is 2.68. The average Bonchev–Trinajstić information content (AvgIpc) is 3.13. The van der Waals surface area contributed by atoms with E-state index < -0.39 is 0 Å². The van der Waals surface area contributed by atoms with Crippen LogP contribution in [0.25, 0.3) is 0 Å². The molecule has 1 aromatic rings. The molecule has 6 heteroatoms. The van der Waals surface area contributed by atoms with Crippen LogP contribution in [-0.2, 0) is 9.53 Å². The molecule has 1 N–H and O–H groups in total. The van der Waals surface area contributed by atoms with Gasteiger partial charge < -0.3 is 24.3 Å². The molecule has 3 fully saturated rings. The monoisotopic (exact) mass is 443 g/mol. The van der Waals surface area contributed by atoms with E-state index in [4.69, 9.17) is 18.9 Å². The van der Waals surface area contributed by atoms with Crippen molar-refractivity contribution in [2.75, 3.05) is 26.9 Å². The van der Waals surface area contributed by atoms with Crippen LogP contribution in [0, 0.1) is 28.6 Å². The molecule has 6 nitrogen and oxygen atoms in total. The molecule has 4 aliphatic rings. The summed E-state index contributed by atoms with van der Waals surface area (Å²) >= 11 is 0. The molecular formula is C26H37NO5. The summed E-state index contributed by atoms with van der Waals surface area (Å²) in [6, 6.07) is 4.32. The fourth-order valence-corrected chi connectivity index (χ4v) is 7.00. The lowest BCUT2D eigenvalue weighted by Crippen LogP contribution is -2.59. The summed E-state index contributed by atoms with van der Waals surface area (Å²) in [5.74, 6) is 3.22. The summed E-state index contributed by atoms with van der Waals surface area (Å²) in [4.78, 5) is 12.8. The van der Waals surface area contributed by atoms with E-state index in [1.165, 1.54) is 0 Å². The smallest absolute Gasteiger partial charge is 0.222 e. The number of fused-ring (bicyclic) bond motifs is 2. The Balaban J connectivity index is 1.51. The normalized spacial score (nSPS) is 34.7. The molecule has 0 aromatic heterocycles. The zero-order valence-electron chi connectivity index (χ0n) is 20.0. The lowest BCUT2D eigenvalue weighted by atomic mass is 9.58. The third-order valence-electron chi connectivity index (χ3n) is 8.70. The number of hydrogen-bond acceptors (Lipinski definition) is 5. The van der Waals surface area contributed by atoms with Gasteiger partial charge in [0.05, 0.1) is 26.4 Å². The summed E-state index contributed by atoms with van der Waals surface area (Å²) in [6.45, 7) is 10.6. The van der Waals surface area contributed by atoms with Crippen LogP contribution in [0.2, 0.25) is 0 Å². The Kier molecular flexibility index (Phi) is 5.35. The van der Waals surface area contributed by atoms with Crippen LogP contribution in [0.5, 0.6) is 17.2 Å². The van der Waals surface area contributed by atoms with Gasteiger partial charge >= 0.3 is 0 Å². The molecule has 2 saturated carbocycles. The predicted molar refractivity (Wildman–Crippen MR) is 121 cm³/mol. The third kappa shape index (κ3) is 3.20. The van der Waals surface area contributed by atoms with Crippen LogP contribution >= 0.6 is 0 Å². The van der Waals surface area contributed by atoms with E-state index >= 15 is 0 Å². The Morgan fingerprint density at radius 2 is 1.97 bits per heavy atom. The van der Waals surface area contributed by atoms with E-state index in [0.717, 1.165) is 37.0 Å². The summed E-state index contributed by atoms with van der Waals surface area (Å²) in [6.07, 6.45) is 4.11. The number of methoxy groups -OCH3 is 1. The Morgan fingerprint density at radius 1 is 1.19 bits per heavy atom. The van der Waals surface area contributed by atoms with Crippen molar-refractivity contribution in [1.29, 1.82) is 0 Å². The first-order valence-electron chi connectivity index (χ1n) is 12.2. The zero-order valence-corrected chi connectivity index (χ0v) is 20.0. The first-order valence-corrected chi connectivity index (χ1v) is 12.2. The number of nitrogens with one attached hydrogen (secondary N) is 1. The van der Waals surface area contributed by atoms with Crippen molar-refractivity contribution in [2.24, 2.45) is 28.6 Å². The molecule has 1 saturated heterocycles. The summed E-state index contributed by atoms with van der Waals surface area (Å²) in [5.41, 5.74) is 1.25. The van der Waals surface area contributed by atoms with E-state index in [0.29, 0.717) is 43.2 Å². The van der Waals surface area contributed by atoms with E-state index in [1.807, 2.05) is 13.8 Å². The fourth-order valence-electron chi connectivity index (χ4n) is 7.00. The second-order valence-electron chi connectivity index (χ2n) is 11.0. The standard InChI is InChI=1S/C26H37NO5/c1-15(2)23(28)27-24-25(3,4)17-13-18-21(32-10-7-26(18,24)14-17)16-11-19(29-5)22-20(12-16)30-8-6-9-31-22/h11-12,15,17-18,21,24H,6-10,13-14H2,1-5H3,(H,27,28)/t17-,18-,21-,24+,26-/m1/s1. The van der Waals surface area contributed by atoms with Gasteiger partial charge in [-0.2, -0.15) is 0 Å². The van der Waals surface area contributed by atoms with Crippen LogP contribution in [0.15, 0.2) is 12.1 Å². The Bertz CT molecular complexity index is 896. The molecule has 1 amide bonds. The molecule has 2 aliphatic heterocycles. The second-order valence-corrected chi connectivity index (χ2v) is 11.0. The largest absolute Gasteiger partial charge is 0.493 e. The lowest BCUT2D eigenvalue weighted by Gasteiger charge is -2.53. The maximum absolute atomic E-state index is 12.8. The molecule has 1 spiro atoms. The van der Waals surface area contributed by atoms with E-state index in [9.17, 15) is 4.79 Å². The fraction of sp³-hybridized carbons (Fsp3) is 0.731. The first kappa shape index (κ1) is 21.9. The predicted octanol–water partition coefficient (Wildman–Crippen LogP) is 4.51. The highest BCUT2D eigenvalue weighted by molar-refractivity contribution is 5.78. The van der Waals surface area contributed by atoms with Crippen LogP contribution in [0.1, 0.15) is 65.0 Å². The van der Waals surface area contributed by atoms with Crippen molar-refractivity contribution in [2.45, 2.75) is 65.5 Å². The van der Waals surface area contributed by atoms with Crippen molar-refractivity contribution in [3.8, 4) is 17.2 Å². The van der Waals surface area contributed by atoms with Gasteiger partial charge in [-0.1, -0.05) is 27.7 Å². The minimum Gasteiger partial charge on any atom is -0.493 e. The first-order chi connectivity index (χ1) is 15.3. The molecule has 2 aliphatic carbocycles. The van der Waals surface area contributed by atoms with Gasteiger partial charge in [0.15, 0.2) is 11.5 Å². The third-order valence-corrected chi connectivity index (χ3v) is 8.70. The van der Waals surface area contributed by atoms with Crippen LogP contribution in [0.4, 0.5) is 0 Å². The maximum atomic E-state index is 12.8. The van der Waals surface area contributed by atoms with Gasteiger partial charge in [-0.3, -0.25) is 4.79 Å². The van der Waals surface area contributed by atoms with Crippen molar-refractivity contribution in [3.05, 3.63) is 17.7 Å². The van der Waals surface area contributed by atoms with Gasteiger partial charge in [0.25, 0.3) is 0 Å². The highest BCUT2D eigenvalue weighted by Crippen LogP contribution is 2.70. The molecular weight excluding hydrogens is 406 g/mol. The van der Waals surface area contributed by atoms with Gasteiger partial charge in [0, 0.05) is 25.0 Å². The number of hydrogen-bond donors (Lipinski definition) is 1. The molecule has 176 valence electrons. The number of rotatable bonds is 4. The highest BCUT2D eigenvalue weighted by atomic mass is 16.5. The van der Waals surface area contributed by atoms with Gasteiger partial charge in [-0.25, -0.2) is 0 Å². The summed E-state index contributed by atoms with van der Waals surface area (Å²) in [5, 5.41) is 3.48. The molecule has 2 bridgehead atoms. The zero-order chi connectivity index (χ0) is 22.7. The SMILES string of the molecule is COc1cc([C@H]2OCC[C@@]34C[C@@H](C[C@H]23)C(C)(C)[C@@H]4NC(=O)C(C)C)cc2c1OCCCO2.